The van der Waals surface area contributed by atoms with Crippen LogP contribution in [-0.4, -0.2) is 5.97 Å². The van der Waals surface area contributed by atoms with Crippen LogP contribution in [0.4, 0.5) is 11.4 Å². The van der Waals surface area contributed by atoms with E-state index in [2.05, 4.69) is 5.32 Å². The third-order valence-corrected chi connectivity index (χ3v) is 2.44. The highest BCUT2D eigenvalue weighted by Crippen LogP contribution is 2.19. The van der Waals surface area contributed by atoms with Crippen LogP contribution >= 0.6 is 0 Å². The molecule has 3 nitrogen and oxygen atoms in total. The largest absolute Gasteiger partial charge is 0.423 e. The van der Waals surface area contributed by atoms with Gasteiger partial charge in [-0.15, -0.1) is 0 Å². The molecule has 0 fully saturated rings. The van der Waals surface area contributed by atoms with Crippen molar-refractivity contribution in [1.29, 1.82) is 0 Å². The number of ether oxygens (including phenoxy) is 1. The molecule has 0 aliphatic rings. The van der Waals surface area contributed by atoms with Crippen LogP contribution in [0.15, 0.2) is 66.7 Å². The van der Waals surface area contributed by atoms with Gasteiger partial charge in [0.2, 0.25) is 0 Å². The van der Waals surface area contributed by atoms with E-state index in [1.807, 2.05) is 42.5 Å². The van der Waals surface area contributed by atoms with Gasteiger partial charge in [-0.05, 0) is 43.3 Å². The first-order chi connectivity index (χ1) is 9.28. The van der Waals surface area contributed by atoms with E-state index in [1.165, 1.54) is 6.08 Å². The number of esters is 1. The molecule has 0 aliphatic heterocycles. The molecule has 2 aromatic carbocycles. The second-order valence-electron chi connectivity index (χ2n) is 3.94. The van der Waals surface area contributed by atoms with Crippen LogP contribution in [0.1, 0.15) is 6.92 Å². The normalized spacial score (nSPS) is 10.4. The molecule has 0 spiro atoms. The van der Waals surface area contributed by atoms with Crippen molar-refractivity contribution in [3.63, 3.8) is 0 Å². The molecule has 3 heteroatoms. The van der Waals surface area contributed by atoms with Gasteiger partial charge in [-0.2, -0.15) is 0 Å². The summed E-state index contributed by atoms with van der Waals surface area (Å²) in [5.41, 5.74) is 1.96. The molecule has 0 heterocycles. The van der Waals surface area contributed by atoms with Crippen LogP contribution in [0.25, 0.3) is 0 Å². The Bertz CT molecular complexity index is 559. The highest BCUT2D eigenvalue weighted by Gasteiger charge is 2.00. The van der Waals surface area contributed by atoms with Gasteiger partial charge in [0.05, 0.1) is 0 Å². The van der Waals surface area contributed by atoms with Crippen LogP contribution in [0, 0.1) is 0 Å². The van der Waals surface area contributed by atoms with Crippen molar-refractivity contribution >= 4 is 17.3 Å². The number of para-hydroxylation sites is 1. The molecule has 2 aromatic rings. The number of nitrogens with one attached hydrogen (secondary N) is 1. The number of hydrogen-bond acceptors (Lipinski definition) is 3. The van der Waals surface area contributed by atoms with Crippen LogP contribution < -0.4 is 10.1 Å². The minimum Gasteiger partial charge on any atom is -0.423 e. The molecule has 0 saturated heterocycles. The Labute approximate surface area is 112 Å². The Hall–Kier alpha value is -2.55. The second kappa shape index (κ2) is 6.40. The fourth-order valence-electron chi connectivity index (χ4n) is 1.58. The Morgan fingerprint density at radius 2 is 1.63 bits per heavy atom. The fourth-order valence-corrected chi connectivity index (χ4v) is 1.58. The van der Waals surface area contributed by atoms with E-state index >= 15 is 0 Å². The van der Waals surface area contributed by atoms with E-state index in [4.69, 9.17) is 4.74 Å². The van der Waals surface area contributed by atoms with Gasteiger partial charge in [0.15, 0.2) is 0 Å². The van der Waals surface area contributed by atoms with E-state index in [9.17, 15) is 4.79 Å². The molecule has 0 radical (unpaired) electrons. The summed E-state index contributed by atoms with van der Waals surface area (Å²) in [4.78, 5) is 11.3. The van der Waals surface area contributed by atoms with Crippen molar-refractivity contribution in [2.45, 2.75) is 6.92 Å². The summed E-state index contributed by atoms with van der Waals surface area (Å²) in [5, 5.41) is 3.26. The zero-order valence-electron chi connectivity index (χ0n) is 10.7. The summed E-state index contributed by atoms with van der Waals surface area (Å²) in [5.74, 6) is 0.160. The maximum absolute atomic E-state index is 11.3. The Morgan fingerprint density at radius 3 is 2.26 bits per heavy atom. The van der Waals surface area contributed by atoms with Gasteiger partial charge in [0.25, 0.3) is 0 Å². The predicted molar refractivity (Wildman–Crippen MR) is 76.6 cm³/mol. The van der Waals surface area contributed by atoms with Crippen molar-refractivity contribution in [2.75, 3.05) is 5.32 Å². The number of benzene rings is 2. The lowest BCUT2D eigenvalue weighted by Crippen LogP contribution is -2.03. The smallest absolute Gasteiger partial charge is 0.335 e. The summed E-state index contributed by atoms with van der Waals surface area (Å²) < 4.78 is 5.11. The highest BCUT2D eigenvalue weighted by molar-refractivity contribution is 5.84. The van der Waals surface area contributed by atoms with Crippen LogP contribution in [0.2, 0.25) is 0 Å². The minimum atomic E-state index is -0.369. The van der Waals surface area contributed by atoms with Gasteiger partial charge in [0.1, 0.15) is 5.75 Å². The molecule has 1 N–H and O–H groups in total. The van der Waals surface area contributed by atoms with Crippen molar-refractivity contribution < 1.29 is 9.53 Å². The summed E-state index contributed by atoms with van der Waals surface area (Å²) in [6, 6.07) is 17.1. The molecule has 0 unspecified atom stereocenters. The maximum atomic E-state index is 11.3. The molecule has 0 bridgehead atoms. The van der Waals surface area contributed by atoms with E-state index in [0.717, 1.165) is 11.4 Å². The third kappa shape index (κ3) is 4.00. The van der Waals surface area contributed by atoms with Crippen molar-refractivity contribution in [2.24, 2.45) is 0 Å². The minimum absolute atomic E-state index is 0.369. The topological polar surface area (TPSA) is 38.3 Å². The van der Waals surface area contributed by atoms with Gasteiger partial charge < -0.3 is 10.1 Å². The zero-order valence-corrected chi connectivity index (χ0v) is 10.7. The van der Waals surface area contributed by atoms with Crippen LogP contribution in [-0.2, 0) is 4.79 Å². The molecular weight excluding hydrogens is 238 g/mol. The lowest BCUT2D eigenvalue weighted by atomic mass is 10.2. The van der Waals surface area contributed by atoms with Gasteiger partial charge in [-0.25, -0.2) is 4.79 Å². The first-order valence-corrected chi connectivity index (χ1v) is 6.04. The molecule has 96 valence electrons. The maximum Gasteiger partial charge on any atom is 0.335 e. The number of carbonyl (C=O) groups is 1. The van der Waals surface area contributed by atoms with E-state index in [1.54, 1.807) is 25.1 Å². The van der Waals surface area contributed by atoms with Gasteiger partial charge in [-0.3, -0.25) is 0 Å². The molecule has 2 rings (SSSR count). The Kier molecular flexibility index (Phi) is 4.34. The summed E-state index contributed by atoms with van der Waals surface area (Å²) in [7, 11) is 0. The summed E-state index contributed by atoms with van der Waals surface area (Å²) in [6.45, 7) is 1.77. The predicted octanol–water partition coefficient (Wildman–Crippen LogP) is 3.91. The average molecular weight is 253 g/mol. The van der Waals surface area contributed by atoms with E-state index in [-0.39, 0.29) is 5.97 Å². The summed E-state index contributed by atoms with van der Waals surface area (Å²) in [6.07, 6.45) is 3.03. The number of rotatable bonds is 4. The van der Waals surface area contributed by atoms with E-state index < -0.39 is 0 Å². The van der Waals surface area contributed by atoms with Gasteiger partial charge >= 0.3 is 5.97 Å². The number of carbonyl (C=O) groups excluding carboxylic acids is 1. The van der Waals surface area contributed by atoms with E-state index in [0.29, 0.717) is 5.75 Å². The first kappa shape index (κ1) is 12.9. The molecule has 0 amide bonds. The zero-order chi connectivity index (χ0) is 13.5. The molecule has 0 saturated carbocycles. The van der Waals surface area contributed by atoms with Gasteiger partial charge in [0, 0.05) is 17.5 Å². The van der Waals surface area contributed by atoms with Crippen molar-refractivity contribution in [1.82, 2.24) is 0 Å². The average Bonchev–Trinajstić information content (AvgIpc) is 2.42. The molecule has 0 aromatic heterocycles. The Morgan fingerprint density at radius 1 is 1.00 bits per heavy atom. The fraction of sp³-hybridized carbons (Fsp3) is 0.0625. The first-order valence-electron chi connectivity index (χ1n) is 6.04. The standard InChI is InChI=1S/C16H15NO2/c1-2-6-16(18)19-15-11-9-14(10-12-15)17-13-7-4-3-5-8-13/h2-12,17H,1H3. The SMILES string of the molecule is CC=CC(=O)Oc1ccc(Nc2ccccc2)cc1. The number of hydrogen-bond donors (Lipinski definition) is 1. The van der Waals surface area contributed by atoms with Crippen molar-refractivity contribution in [3.05, 3.63) is 66.7 Å². The monoisotopic (exact) mass is 253 g/mol. The third-order valence-electron chi connectivity index (χ3n) is 2.44. The number of anilines is 2. The summed E-state index contributed by atoms with van der Waals surface area (Å²) >= 11 is 0. The van der Waals surface area contributed by atoms with Crippen LogP contribution in [0.3, 0.4) is 0 Å². The number of allylic oxidation sites excluding steroid dienone is 1. The molecule has 0 atom stereocenters. The highest BCUT2D eigenvalue weighted by atomic mass is 16.5. The molecule has 0 aliphatic carbocycles. The van der Waals surface area contributed by atoms with Crippen molar-refractivity contribution in [3.8, 4) is 5.75 Å². The Balaban J connectivity index is 2.00. The molecular formula is C16H15NO2. The van der Waals surface area contributed by atoms with Gasteiger partial charge in [-0.1, -0.05) is 24.3 Å². The van der Waals surface area contributed by atoms with Crippen LogP contribution in [0.5, 0.6) is 5.75 Å². The lowest BCUT2D eigenvalue weighted by molar-refractivity contribution is -0.129. The second-order valence-corrected chi connectivity index (χ2v) is 3.94. The molecule has 19 heavy (non-hydrogen) atoms. The lowest BCUT2D eigenvalue weighted by Gasteiger charge is -2.07. The quantitative estimate of drug-likeness (QED) is 0.510.